The topological polar surface area (TPSA) is 59.2 Å². The Morgan fingerprint density at radius 1 is 1.16 bits per heavy atom. The van der Waals surface area contributed by atoms with Crippen molar-refractivity contribution in [1.29, 1.82) is 0 Å². The number of rotatable bonds is 3. The van der Waals surface area contributed by atoms with E-state index < -0.39 is 0 Å². The van der Waals surface area contributed by atoms with Crippen LogP contribution in [0, 0.1) is 0 Å². The second-order valence-corrected chi connectivity index (χ2v) is 8.39. The lowest BCUT2D eigenvalue weighted by molar-refractivity contribution is 0.00578. The number of fused-ring (bicyclic) bond motifs is 1. The summed E-state index contributed by atoms with van der Waals surface area (Å²) in [7, 11) is -0.338. The number of hydrogen-bond donors (Lipinski definition) is 2. The molecule has 2 N–H and O–H groups in total. The van der Waals surface area contributed by atoms with E-state index in [4.69, 9.17) is 14.3 Å². The molecule has 2 aliphatic heterocycles. The molecule has 2 unspecified atom stereocenters. The first-order chi connectivity index (χ1) is 11.8. The van der Waals surface area contributed by atoms with Crippen molar-refractivity contribution in [1.82, 2.24) is 15.3 Å². The molecule has 0 radical (unpaired) electrons. The van der Waals surface area contributed by atoms with Crippen molar-refractivity contribution in [3.8, 4) is 0 Å². The molecule has 1 aromatic heterocycles. The third kappa shape index (κ3) is 2.90. The standard InChI is InChI=1S/C19H28BN3O2/c1-6-13-8-10-15(21-13)17-22-14-9-7-12(11-16(14)23-17)20-24-18(2,3)19(4,5)25-20/h7,9,11,13,15,21H,6,8,10H2,1-5H3,(H,22,23). The fourth-order valence-electron chi connectivity index (χ4n) is 3.69. The lowest BCUT2D eigenvalue weighted by atomic mass is 9.79. The summed E-state index contributed by atoms with van der Waals surface area (Å²) in [6, 6.07) is 7.17. The molecule has 2 saturated heterocycles. The minimum Gasteiger partial charge on any atom is -0.399 e. The number of aromatic amines is 1. The molecule has 1 aromatic carbocycles. The monoisotopic (exact) mass is 341 g/mol. The van der Waals surface area contributed by atoms with Crippen molar-refractivity contribution in [3.63, 3.8) is 0 Å². The molecule has 2 fully saturated rings. The van der Waals surface area contributed by atoms with Crippen LogP contribution in [-0.2, 0) is 9.31 Å². The minimum atomic E-state index is -0.338. The maximum atomic E-state index is 6.17. The highest BCUT2D eigenvalue weighted by atomic mass is 16.7. The van der Waals surface area contributed by atoms with E-state index in [1.54, 1.807) is 0 Å². The van der Waals surface area contributed by atoms with E-state index in [2.05, 4.69) is 63.1 Å². The fourth-order valence-corrected chi connectivity index (χ4v) is 3.69. The van der Waals surface area contributed by atoms with Gasteiger partial charge in [0.2, 0.25) is 0 Å². The van der Waals surface area contributed by atoms with Crippen molar-refractivity contribution in [2.75, 3.05) is 0 Å². The Kier molecular flexibility index (Phi) is 3.98. The number of H-pyrrole nitrogens is 1. The Bertz CT molecular complexity index is 770. The van der Waals surface area contributed by atoms with Crippen LogP contribution >= 0.6 is 0 Å². The van der Waals surface area contributed by atoms with Gasteiger partial charge in [-0.15, -0.1) is 0 Å². The van der Waals surface area contributed by atoms with E-state index in [0.29, 0.717) is 12.1 Å². The van der Waals surface area contributed by atoms with Gasteiger partial charge in [-0.25, -0.2) is 4.98 Å². The smallest absolute Gasteiger partial charge is 0.399 e. The van der Waals surface area contributed by atoms with Crippen LogP contribution in [0.15, 0.2) is 18.2 Å². The van der Waals surface area contributed by atoms with Crippen molar-refractivity contribution in [2.45, 2.75) is 77.2 Å². The van der Waals surface area contributed by atoms with Crippen LogP contribution in [0.25, 0.3) is 11.0 Å². The molecular weight excluding hydrogens is 313 g/mol. The van der Waals surface area contributed by atoms with Gasteiger partial charge in [-0.3, -0.25) is 0 Å². The molecule has 0 bridgehead atoms. The summed E-state index contributed by atoms with van der Waals surface area (Å²) in [5, 5.41) is 3.67. The van der Waals surface area contributed by atoms with E-state index in [1.807, 2.05) is 0 Å². The first kappa shape index (κ1) is 17.1. The summed E-state index contributed by atoms with van der Waals surface area (Å²) in [6.07, 6.45) is 3.53. The SMILES string of the molecule is CCC1CCC(c2nc3ccc(B4OC(C)(C)C(C)(C)O4)cc3[nH]2)N1. The molecule has 2 aliphatic rings. The van der Waals surface area contributed by atoms with E-state index in [1.165, 1.54) is 12.8 Å². The first-order valence-corrected chi connectivity index (χ1v) is 9.40. The highest BCUT2D eigenvalue weighted by Gasteiger charge is 2.51. The van der Waals surface area contributed by atoms with Gasteiger partial charge in [0.25, 0.3) is 0 Å². The number of imidazole rings is 1. The predicted molar refractivity (Wildman–Crippen MR) is 101 cm³/mol. The van der Waals surface area contributed by atoms with Crippen LogP contribution in [0.3, 0.4) is 0 Å². The summed E-state index contributed by atoms with van der Waals surface area (Å²) < 4.78 is 12.3. The Hall–Kier alpha value is -1.37. The van der Waals surface area contributed by atoms with Crippen LogP contribution in [0.2, 0.25) is 0 Å². The fraction of sp³-hybridized carbons (Fsp3) is 0.632. The van der Waals surface area contributed by atoms with E-state index in [0.717, 1.165) is 28.7 Å². The van der Waals surface area contributed by atoms with E-state index >= 15 is 0 Å². The highest BCUT2D eigenvalue weighted by Crippen LogP contribution is 2.36. The van der Waals surface area contributed by atoms with Gasteiger partial charge in [-0.2, -0.15) is 0 Å². The number of aromatic nitrogens is 2. The minimum absolute atomic E-state index is 0.325. The maximum Gasteiger partial charge on any atom is 0.494 e. The molecule has 0 spiro atoms. The number of hydrogen-bond acceptors (Lipinski definition) is 4. The second kappa shape index (κ2) is 5.83. The zero-order valence-corrected chi connectivity index (χ0v) is 15.8. The Morgan fingerprint density at radius 2 is 1.88 bits per heavy atom. The molecule has 0 saturated carbocycles. The molecule has 0 aliphatic carbocycles. The lowest BCUT2D eigenvalue weighted by Gasteiger charge is -2.32. The van der Waals surface area contributed by atoms with Gasteiger partial charge < -0.3 is 19.6 Å². The van der Waals surface area contributed by atoms with Gasteiger partial charge in [-0.05, 0) is 64.6 Å². The number of nitrogens with zero attached hydrogens (tertiary/aromatic N) is 1. The predicted octanol–water partition coefficient (Wildman–Crippen LogP) is 3.07. The summed E-state index contributed by atoms with van der Waals surface area (Å²) in [5.74, 6) is 1.04. The van der Waals surface area contributed by atoms with Crippen LogP contribution in [-0.4, -0.2) is 34.3 Å². The summed E-state index contributed by atoms with van der Waals surface area (Å²) in [6.45, 7) is 10.5. The third-order valence-corrected chi connectivity index (χ3v) is 6.11. The third-order valence-electron chi connectivity index (χ3n) is 6.11. The molecular formula is C19H28BN3O2. The molecule has 5 nitrogen and oxygen atoms in total. The molecule has 0 amide bonds. The Balaban J connectivity index is 1.59. The van der Waals surface area contributed by atoms with Gasteiger partial charge >= 0.3 is 7.12 Å². The number of benzene rings is 1. The van der Waals surface area contributed by atoms with Gasteiger partial charge in [0.05, 0.1) is 28.3 Å². The maximum absolute atomic E-state index is 6.17. The van der Waals surface area contributed by atoms with Gasteiger partial charge in [0.1, 0.15) is 5.82 Å². The van der Waals surface area contributed by atoms with Crippen LogP contribution in [0.4, 0.5) is 0 Å². The van der Waals surface area contributed by atoms with Crippen molar-refractivity contribution >= 4 is 23.6 Å². The summed E-state index contributed by atoms with van der Waals surface area (Å²) in [4.78, 5) is 8.29. The Morgan fingerprint density at radius 3 is 2.52 bits per heavy atom. The Labute approximate surface area is 150 Å². The lowest BCUT2D eigenvalue weighted by Crippen LogP contribution is -2.41. The van der Waals surface area contributed by atoms with Crippen LogP contribution < -0.4 is 10.8 Å². The second-order valence-electron chi connectivity index (χ2n) is 8.39. The molecule has 134 valence electrons. The zero-order valence-electron chi connectivity index (χ0n) is 15.8. The van der Waals surface area contributed by atoms with Crippen LogP contribution in [0.1, 0.15) is 65.7 Å². The molecule has 25 heavy (non-hydrogen) atoms. The molecule has 4 rings (SSSR count). The van der Waals surface area contributed by atoms with E-state index in [-0.39, 0.29) is 18.3 Å². The number of nitrogens with one attached hydrogen (secondary N) is 2. The average Bonchev–Trinajstić information content (AvgIpc) is 3.23. The van der Waals surface area contributed by atoms with Crippen LogP contribution in [0.5, 0.6) is 0 Å². The average molecular weight is 341 g/mol. The molecule has 6 heteroatoms. The summed E-state index contributed by atoms with van der Waals surface area (Å²) >= 11 is 0. The quantitative estimate of drug-likeness (QED) is 0.843. The molecule has 2 atom stereocenters. The molecule has 3 heterocycles. The normalized spacial score (nSPS) is 28.1. The van der Waals surface area contributed by atoms with E-state index in [9.17, 15) is 0 Å². The summed E-state index contributed by atoms with van der Waals surface area (Å²) in [5.41, 5.74) is 2.43. The first-order valence-electron chi connectivity index (χ1n) is 9.40. The van der Waals surface area contributed by atoms with Crippen molar-refractivity contribution in [3.05, 3.63) is 24.0 Å². The van der Waals surface area contributed by atoms with Crippen molar-refractivity contribution in [2.24, 2.45) is 0 Å². The molecule has 2 aromatic rings. The van der Waals surface area contributed by atoms with Gasteiger partial charge in [0, 0.05) is 6.04 Å². The van der Waals surface area contributed by atoms with Crippen molar-refractivity contribution < 1.29 is 9.31 Å². The van der Waals surface area contributed by atoms with Gasteiger partial charge in [-0.1, -0.05) is 13.0 Å². The highest BCUT2D eigenvalue weighted by molar-refractivity contribution is 6.62. The largest absolute Gasteiger partial charge is 0.494 e. The zero-order chi connectivity index (χ0) is 17.8. The van der Waals surface area contributed by atoms with Gasteiger partial charge in [0.15, 0.2) is 0 Å².